The lowest BCUT2D eigenvalue weighted by molar-refractivity contribution is -0.117. The minimum Gasteiger partial charge on any atom is -0.319 e. The third-order valence-electron chi connectivity index (χ3n) is 4.68. The van der Waals surface area contributed by atoms with Crippen LogP contribution in [0.1, 0.15) is 29.0 Å². The zero-order valence-electron chi connectivity index (χ0n) is 15.2. The smallest absolute Gasteiger partial charge is 0.278 e. The molecule has 0 spiro atoms. The second-order valence-corrected chi connectivity index (χ2v) is 6.97. The van der Waals surface area contributed by atoms with E-state index in [1.807, 2.05) is 30.3 Å². The van der Waals surface area contributed by atoms with Gasteiger partial charge in [0.15, 0.2) is 5.69 Å². The molecule has 2 aromatic carbocycles. The Bertz CT molecular complexity index is 1060. The monoisotopic (exact) mass is 395 g/mol. The maximum absolute atomic E-state index is 12.8. The predicted octanol–water partition coefficient (Wildman–Crippen LogP) is 3.61. The standard InChI is InChI=1S/C20H18ClN5O2/c1-13-19(23-24-26(13)15-7-4-6-14(21)12-15)20(28)22-16-8-2-3-9-17(16)25-11-5-10-18(25)27/h2-4,6-9,12H,5,10-11H2,1H3,(H,22,28). The largest absolute Gasteiger partial charge is 0.319 e. The van der Waals surface area contributed by atoms with Crippen LogP contribution in [-0.4, -0.2) is 33.4 Å². The molecule has 1 aromatic heterocycles. The van der Waals surface area contributed by atoms with Crippen LogP contribution in [0.3, 0.4) is 0 Å². The summed E-state index contributed by atoms with van der Waals surface area (Å²) in [5.41, 5.74) is 2.79. The number of nitrogens with one attached hydrogen (secondary N) is 1. The lowest BCUT2D eigenvalue weighted by atomic mass is 10.2. The lowest BCUT2D eigenvalue weighted by Gasteiger charge is -2.19. The number of hydrogen-bond acceptors (Lipinski definition) is 4. The number of amides is 2. The summed E-state index contributed by atoms with van der Waals surface area (Å²) >= 11 is 6.04. The van der Waals surface area contributed by atoms with E-state index in [1.165, 1.54) is 0 Å². The number of nitrogens with zero attached hydrogens (tertiary/aromatic N) is 4. The van der Waals surface area contributed by atoms with Crippen molar-refractivity contribution in [1.29, 1.82) is 0 Å². The molecule has 142 valence electrons. The quantitative estimate of drug-likeness (QED) is 0.731. The molecule has 1 fully saturated rings. The Morgan fingerprint density at radius 3 is 2.75 bits per heavy atom. The molecule has 1 aliphatic heterocycles. The molecule has 0 unspecified atom stereocenters. The van der Waals surface area contributed by atoms with E-state index in [0.29, 0.717) is 35.1 Å². The van der Waals surface area contributed by atoms with E-state index < -0.39 is 0 Å². The number of carbonyl (C=O) groups is 2. The number of aromatic nitrogens is 3. The maximum Gasteiger partial charge on any atom is 0.278 e. The Kier molecular flexibility index (Phi) is 4.83. The van der Waals surface area contributed by atoms with Crippen LogP contribution in [0, 0.1) is 6.92 Å². The molecule has 1 N–H and O–H groups in total. The highest BCUT2D eigenvalue weighted by Gasteiger charge is 2.25. The van der Waals surface area contributed by atoms with E-state index in [-0.39, 0.29) is 17.5 Å². The summed E-state index contributed by atoms with van der Waals surface area (Å²) in [5, 5.41) is 11.6. The van der Waals surface area contributed by atoms with Crippen LogP contribution in [0.5, 0.6) is 0 Å². The molecule has 3 aromatic rings. The molecule has 28 heavy (non-hydrogen) atoms. The molecule has 7 nitrogen and oxygen atoms in total. The van der Waals surface area contributed by atoms with E-state index in [2.05, 4.69) is 15.6 Å². The number of para-hydroxylation sites is 2. The Labute approximate surface area is 166 Å². The summed E-state index contributed by atoms with van der Waals surface area (Å²) in [7, 11) is 0. The number of hydrogen-bond donors (Lipinski definition) is 1. The number of carbonyl (C=O) groups excluding carboxylic acids is 2. The average molecular weight is 396 g/mol. The zero-order valence-corrected chi connectivity index (χ0v) is 16.0. The first-order valence-electron chi connectivity index (χ1n) is 8.93. The van der Waals surface area contributed by atoms with Gasteiger partial charge in [0, 0.05) is 18.0 Å². The van der Waals surface area contributed by atoms with Crippen molar-refractivity contribution in [2.45, 2.75) is 19.8 Å². The fraction of sp³-hybridized carbons (Fsp3) is 0.200. The van der Waals surface area contributed by atoms with Gasteiger partial charge in [-0.25, -0.2) is 4.68 Å². The summed E-state index contributed by atoms with van der Waals surface area (Å²) in [5.74, 6) is -0.324. The summed E-state index contributed by atoms with van der Waals surface area (Å²) in [6, 6.07) is 14.4. The highest BCUT2D eigenvalue weighted by atomic mass is 35.5. The molecule has 0 radical (unpaired) electrons. The fourth-order valence-corrected chi connectivity index (χ4v) is 3.48. The normalized spacial score (nSPS) is 13.8. The number of halogens is 1. The molecule has 0 atom stereocenters. The van der Waals surface area contributed by atoms with E-state index in [0.717, 1.165) is 12.1 Å². The third kappa shape index (κ3) is 3.36. The molecule has 1 saturated heterocycles. The van der Waals surface area contributed by atoms with Gasteiger partial charge in [-0.3, -0.25) is 9.59 Å². The lowest BCUT2D eigenvalue weighted by Crippen LogP contribution is -2.25. The summed E-state index contributed by atoms with van der Waals surface area (Å²) in [4.78, 5) is 26.6. The van der Waals surface area contributed by atoms with E-state index in [9.17, 15) is 9.59 Å². The van der Waals surface area contributed by atoms with Gasteiger partial charge >= 0.3 is 0 Å². The topological polar surface area (TPSA) is 80.1 Å². The van der Waals surface area contributed by atoms with Crippen LogP contribution in [0.2, 0.25) is 5.02 Å². The van der Waals surface area contributed by atoms with Crippen molar-refractivity contribution in [3.05, 3.63) is 64.9 Å². The number of anilines is 2. The van der Waals surface area contributed by atoms with Gasteiger partial charge in [-0.15, -0.1) is 5.10 Å². The van der Waals surface area contributed by atoms with Gasteiger partial charge in [-0.1, -0.05) is 35.0 Å². The first kappa shape index (κ1) is 18.2. The molecule has 4 rings (SSSR count). The Hall–Kier alpha value is -3.19. The summed E-state index contributed by atoms with van der Waals surface area (Å²) in [6.07, 6.45) is 1.34. The van der Waals surface area contributed by atoms with Gasteiger partial charge in [0.25, 0.3) is 5.91 Å². The molecule has 2 amide bonds. The number of rotatable bonds is 4. The van der Waals surface area contributed by atoms with E-state index in [1.54, 1.807) is 34.7 Å². The minimum atomic E-state index is -0.384. The van der Waals surface area contributed by atoms with Crippen LogP contribution in [0.15, 0.2) is 48.5 Å². The highest BCUT2D eigenvalue weighted by Crippen LogP contribution is 2.29. The molecule has 1 aliphatic rings. The SMILES string of the molecule is Cc1c(C(=O)Nc2ccccc2N2CCCC2=O)nnn1-c1cccc(Cl)c1. The Balaban J connectivity index is 1.61. The van der Waals surface area contributed by atoms with Gasteiger partial charge in [-0.05, 0) is 43.7 Å². The van der Waals surface area contributed by atoms with E-state index >= 15 is 0 Å². The van der Waals surface area contributed by atoms with Crippen molar-refractivity contribution in [3.8, 4) is 5.69 Å². The van der Waals surface area contributed by atoms with Gasteiger partial charge in [0.05, 0.1) is 22.8 Å². The van der Waals surface area contributed by atoms with Crippen LogP contribution < -0.4 is 10.2 Å². The van der Waals surface area contributed by atoms with E-state index in [4.69, 9.17) is 11.6 Å². The van der Waals surface area contributed by atoms with Gasteiger partial charge in [0.1, 0.15) is 0 Å². The van der Waals surface area contributed by atoms with Crippen LogP contribution in [0.4, 0.5) is 11.4 Å². The molecule has 8 heteroatoms. The summed E-state index contributed by atoms with van der Waals surface area (Å²) in [6.45, 7) is 2.42. The highest BCUT2D eigenvalue weighted by molar-refractivity contribution is 6.30. The average Bonchev–Trinajstić information content (AvgIpc) is 3.28. The van der Waals surface area contributed by atoms with Crippen molar-refractivity contribution < 1.29 is 9.59 Å². The molecular weight excluding hydrogens is 378 g/mol. The van der Waals surface area contributed by atoms with Crippen molar-refractivity contribution in [1.82, 2.24) is 15.0 Å². The summed E-state index contributed by atoms with van der Waals surface area (Å²) < 4.78 is 1.57. The van der Waals surface area contributed by atoms with Crippen molar-refractivity contribution >= 4 is 34.8 Å². The minimum absolute atomic E-state index is 0.0600. The Morgan fingerprint density at radius 2 is 2.00 bits per heavy atom. The second kappa shape index (κ2) is 7.44. The fourth-order valence-electron chi connectivity index (χ4n) is 3.29. The van der Waals surface area contributed by atoms with Crippen LogP contribution in [-0.2, 0) is 4.79 Å². The van der Waals surface area contributed by atoms with Gasteiger partial charge < -0.3 is 10.2 Å². The van der Waals surface area contributed by atoms with Crippen molar-refractivity contribution in [3.63, 3.8) is 0 Å². The molecule has 2 heterocycles. The second-order valence-electron chi connectivity index (χ2n) is 6.54. The van der Waals surface area contributed by atoms with Gasteiger partial charge in [-0.2, -0.15) is 0 Å². The first-order valence-corrected chi connectivity index (χ1v) is 9.31. The van der Waals surface area contributed by atoms with Crippen LogP contribution in [0.25, 0.3) is 5.69 Å². The van der Waals surface area contributed by atoms with Crippen LogP contribution >= 0.6 is 11.6 Å². The Morgan fingerprint density at radius 1 is 1.18 bits per heavy atom. The van der Waals surface area contributed by atoms with Crippen molar-refractivity contribution in [2.75, 3.05) is 16.8 Å². The zero-order chi connectivity index (χ0) is 19.7. The molecule has 0 bridgehead atoms. The third-order valence-corrected chi connectivity index (χ3v) is 4.91. The molecule has 0 aliphatic carbocycles. The molecule has 0 saturated carbocycles. The maximum atomic E-state index is 12.8. The van der Waals surface area contributed by atoms with Crippen molar-refractivity contribution in [2.24, 2.45) is 0 Å². The predicted molar refractivity (Wildman–Crippen MR) is 107 cm³/mol. The molecular formula is C20H18ClN5O2. The number of benzene rings is 2. The van der Waals surface area contributed by atoms with Gasteiger partial charge in [0.2, 0.25) is 5.91 Å². The first-order chi connectivity index (χ1) is 13.5.